The van der Waals surface area contributed by atoms with Crippen molar-refractivity contribution in [3.05, 3.63) is 34.8 Å². The van der Waals surface area contributed by atoms with Gasteiger partial charge in [-0.25, -0.2) is 0 Å². The van der Waals surface area contributed by atoms with Gasteiger partial charge in [-0.1, -0.05) is 23.5 Å². The fourth-order valence-electron chi connectivity index (χ4n) is 1.32. The van der Waals surface area contributed by atoms with Crippen molar-refractivity contribution < 1.29 is 0 Å². The smallest absolute Gasteiger partial charge is 0.147 e. The number of benzene rings is 1. The summed E-state index contributed by atoms with van der Waals surface area (Å²) in [5.74, 6) is 0. The van der Waals surface area contributed by atoms with Gasteiger partial charge in [0.15, 0.2) is 0 Å². The summed E-state index contributed by atoms with van der Waals surface area (Å²) < 4.78 is 0. The van der Waals surface area contributed by atoms with E-state index in [-0.39, 0.29) is 0 Å². The topological polar surface area (TPSA) is 75.6 Å². The Morgan fingerprint density at radius 1 is 1.38 bits per heavy atom. The maximum absolute atomic E-state index is 8.80. The van der Waals surface area contributed by atoms with Gasteiger partial charge in [-0.05, 0) is 18.7 Å². The molecule has 0 aliphatic carbocycles. The van der Waals surface area contributed by atoms with Crippen molar-refractivity contribution in [1.29, 1.82) is 5.26 Å². The highest BCUT2D eigenvalue weighted by Gasteiger charge is 2.06. The van der Waals surface area contributed by atoms with Crippen molar-refractivity contribution >= 4 is 11.3 Å². The number of aromatic nitrogens is 2. The van der Waals surface area contributed by atoms with Crippen LogP contribution >= 0.6 is 11.3 Å². The Hall–Kier alpha value is -1.77. The number of hydrogen-bond donors (Lipinski definition) is 1. The predicted molar refractivity (Wildman–Crippen MR) is 62.8 cm³/mol. The molecule has 2 aromatic rings. The van der Waals surface area contributed by atoms with Crippen LogP contribution in [0.2, 0.25) is 0 Å². The molecular formula is C11H10N4S. The Morgan fingerprint density at radius 2 is 2.25 bits per heavy atom. The summed E-state index contributed by atoms with van der Waals surface area (Å²) in [6, 6.07) is 9.46. The largest absolute Gasteiger partial charge is 0.330 e. The first-order chi connectivity index (χ1) is 7.83. The van der Waals surface area contributed by atoms with Gasteiger partial charge in [0.1, 0.15) is 10.0 Å². The molecule has 0 saturated heterocycles. The minimum absolute atomic E-state index is 0.576. The summed E-state index contributed by atoms with van der Waals surface area (Å²) >= 11 is 1.52. The number of nitrogens with two attached hydrogens (primary N) is 1. The third-order valence-corrected chi connectivity index (χ3v) is 3.10. The lowest BCUT2D eigenvalue weighted by atomic mass is 10.1. The molecule has 4 nitrogen and oxygen atoms in total. The normalized spacial score (nSPS) is 10.0. The SMILES string of the molecule is N#Cc1cccc(-c2nnc(CCN)s2)c1. The summed E-state index contributed by atoms with van der Waals surface area (Å²) in [6.45, 7) is 0.576. The van der Waals surface area contributed by atoms with E-state index in [4.69, 9.17) is 11.0 Å². The van der Waals surface area contributed by atoms with Crippen LogP contribution in [-0.4, -0.2) is 16.7 Å². The Morgan fingerprint density at radius 3 is 3.00 bits per heavy atom. The molecule has 2 rings (SSSR count). The Labute approximate surface area is 97.4 Å². The molecular weight excluding hydrogens is 220 g/mol. The van der Waals surface area contributed by atoms with Gasteiger partial charge in [-0.3, -0.25) is 0 Å². The summed E-state index contributed by atoms with van der Waals surface area (Å²) in [7, 11) is 0. The van der Waals surface area contributed by atoms with Gasteiger partial charge < -0.3 is 5.73 Å². The highest BCUT2D eigenvalue weighted by molar-refractivity contribution is 7.14. The molecule has 0 bridgehead atoms. The first kappa shape index (κ1) is 10.7. The van der Waals surface area contributed by atoms with Crippen LogP contribution in [0.15, 0.2) is 24.3 Å². The maximum Gasteiger partial charge on any atom is 0.147 e. The molecule has 1 aromatic heterocycles. The molecule has 0 unspecified atom stereocenters. The number of rotatable bonds is 3. The van der Waals surface area contributed by atoms with Crippen LogP contribution in [0.3, 0.4) is 0 Å². The first-order valence-corrected chi connectivity index (χ1v) is 5.68. The predicted octanol–water partition coefficient (Wildman–Crippen LogP) is 1.58. The third-order valence-electron chi connectivity index (χ3n) is 2.06. The number of nitriles is 1. The second-order valence-corrected chi connectivity index (χ2v) is 4.29. The van der Waals surface area contributed by atoms with Crippen LogP contribution in [0.1, 0.15) is 10.6 Å². The average Bonchev–Trinajstić information content (AvgIpc) is 2.78. The molecule has 0 aliphatic heterocycles. The van der Waals surface area contributed by atoms with E-state index in [9.17, 15) is 0 Å². The van der Waals surface area contributed by atoms with Gasteiger partial charge in [0.2, 0.25) is 0 Å². The molecule has 0 fully saturated rings. The van der Waals surface area contributed by atoms with Gasteiger partial charge in [0.05, 0.1) is 11.6 Å². The Kier molecular flexibility index (Phi) is 3.25. The van der Waals surface area contributed by atoms with E-state index in [1.165, 1.54) is 11.3 Å². The van der Waals surface area contributed by atoms with Crippen molar-refractivity contribution in [2.24, 2.45) is 5.73 Å². The number of nitrogens with zero attached hydrogens (tertiary/aromatic N) is 3. The zero-order chi connectivity index (χ0) is 11.4. The van der Waals surface area contributed by atoms with E-state index in [0.717, 1.165) is 22.0 Å². The Bertz CT molecular complexity index is 527. The van der Waals surface area contributed by atoms with E-state index >= 15 is 0 Å². The van der Waals surface area contributed by atoms with Crippen molar-refractivity contribution in [2.45, 2.75) is 6.42 Å². The summed E-state index contributed by atoms with van der Waals surface area (Å²) in [4.78, 5) is 0. The highest BCUT2D eigenvalue weighted by Crippen LogP contribution is 2.24. The van der Waals surface area contributed by atoms with Crippen molar-refractivity contribution in [1.82, 2.24) is 10.2 Å². The van der Waals surface area contributed by atoms with E-state index in [0.29, 0.717) is 12.1 Å². The average molecular weight is 230 g/mol. The lowest BCUT2D eigenvalue weighted by molar-refractivity contribution is 0.913. The number of hydrogen-bond acceptors (Lipinski definition) is 5. The summed E-state index contributed by atoms with van der Waals surface area (Å²) in [5.41, 5.74) is 7.01. The van der Waals surface area contributed by atoms with Crippen LogP contribution < -0.4 is 5.73 Å². The molecule has 80 valence electrons. The lowest BCUT2D eigenvalue weighted by Gasteiger charge is -1.94. The van der Waals surface area contributed by atoms with Crippen LogP contribution in [-0.2, 0) is 6.42 Å². The molecule has 0 spiro atoms. The summed E-state index contributed by atoms with van der Waals surface area (Å²) in [6.07, 6.45) is 0.746. The molecule has 1 aromatic carbocycles. The second-order valence-electron chi connectivity index (χ2n) is 3.23. The monoisotopic (exact) mass is 230 g/mol. The van der Waals surface area contributed by atoms with Crippen LogP contribution in [0, 0.1) is 11.3 Å². The minimum Gasteiger partial charge on any atom is -0.330 e. The van der Waals surface area contributed by atoms with Crippen LogP contribution in [0.5, 0.6) is 0 Å². The van der Waals surface area contributed by atoms with Gasteiger partial charge in [0.25, 0.3) is 0 Å². The van der Waals surface area contributed by atoms with E-state index in [1.807, 2.05) is 18.2 Å². The fourth-order valence-corrected chi connectivity index (χ4v) is 2.17. The molecule has 0 atom stereocenters. The molecule has 1 heterocycles. The minimum atomic E-state index is 0.576. The van der Waals surface area contributed by atoms with Crippen molar-refractivity contribution in [3.63, 3.8) is 0 Å². The van der Waals surface area contributed by atoms with Crippen LogP contribution in [0.25, 0.3) is 10.6 Å². The third kappa shape index (κ3) is 2.24. The molecule has 0 amide bonds. The molecule has 5 heteroatoms. The lowest BCUT2D eigenvalue weighted by Crippen LogP contribution is -2.01. The summed E-state index contributed by atoms with van der Waals surface area (Å²) in [5, 5.41) is 18.7. The zero-order valence-corrected chi connectivity index (χ0v) is 9.37. The molecule has 0 aliphatic rings. The van der Waals surface area contributed by atoms with Crippen molar-refractivity contribution in [3.8, 4) is 16.6 Å². The molecule has 16 heavy (non-hydrogen) atoms. The molecule has 2 N–H and O–H groups in total. The van der Waals surface area contributed by atoms with Gasteiger partial charge in [0, 0.05) is 12.0 Å². The fraction of sp³-hybridized carbons (Fsp3) is 0.182. The second kappa shape index (κ2) is 4.84. The zero-order valence-electron chi connectivity index (χ0n) is 8.55. The maximum atomic E-state index is 8.80. The van der Waals surface area contributed by atoms with Gasteiger partial charge in [-0.15, -0.1) is 10.2 Å². The Balaban J connectivity index is 2.32. The molecule has 0 radical (unpaired) electrons. The highest BCUT2D eigenvalue weighted by atomic mass is 32.1. The first-order valence-electron chi connectivity index (χ1n) is 4.86. The van der Waals surface area contributed by atoms with Gasteiger partial charge >= 0.3 is 0 Å². The molecule has 0 saturated carbocycles. The van der Waals surface area contributed by atoms with Crippen molar-refractivity contribution in [2.75, 3.05) is 6.54 Å². The quantitative estimate of drug-likeness (QED) is 0.868. The standard InChI is InChI=1S/C11H10N4S/c12-5-4-10-14-15-11(16-10)9-3-1-2-8(6-9)7-13/h1-3,6H,4-5,12H2. The van der Waals surface area contributed by atoms with E-state index in [2.05, 4.69) is 16.3 Å². The van der Waals surface area contributed by atoms with Gasteiger partial charge in [-0.2, -0.15) is 5.26 Å². The van der Waals surface area contributed by atoms with E-state index < -0.39 is 0 Å². The van der Waals surface area contributed by atoms with Crippen LogP contribution in [0.4, 0.5) is 0 Å². The van der Waals surface area contributed by atoms with E-state index in [1.54, 1.807) is 6.07 Å².